The fourth-order valence-corrected chi connectivity index (χ4v) is 5.63. The molecule has 0 aromatic heterocycles. The van der Waals surface area contributed by atoms with Crippen LogP contribution in [0.4, 0.5) is 5.69 Å². The molecule has 0 saturated carbocycles. The van der Waals surface area contributed by atoms with E-state index in [9.17, 15) is 14.7 Å². The minimum absolute atomic E-state index is 0.0492. The molecule has 0 radical (unpaired) electrons. The molecule has 5 nitrogen and oxygen atoms in total. The molecule has 2 aromatic carbocycles. The lowest BCUT2D eigenvalue weighted by Crippen LogP contribution is -2.44. The largest absolute Gasteiger partial charge is 0.511 e. The smallest absolute Gasteiger partial charge is 0.349 e. The first-order valence-electron chi connectivity index (χ1n) is 12.1. The molecule has 0 spiro atoms. The van der Waals surface area contributed by atoms with E-state index in [2.05, 4.69) is 38.2 Å². The molecular weight excluding hydrogens is 458 g/mol. The summed E-state index contributed by atoms with van der Waals surface area (Å²) in [5.41, 5.74) is 2.80. The molecule has 1 heterocycles. The van der Waals surface area contributed by atoms with Crippen molar-refractivity contribution in [2.75, 3.05) is 5.32 Å². The van der Waals surface area contributed by atoms with E-state index in [0.717, 1.165) is 28.1 Å². The van der Waals surface area contributed by atoms with Crippen LogP contribution in [0.1, 0.15) is 71.1 Å². The van der Waals surface area contributed by atoms with Gasteiger partial charge in [-0.1, -0.05) is 76.7 Å². The second kappa shape index (κ2) is 10.5. The van der Waals surface area contributed by atoms with Crippen molar-refractivity contribution in [3.05, 3.63) is 69.8 Å². The minimum atomic E-state index is -0.751. The van der Waals surface area contributed by atoms with Crippen LogP contribution in [-0.4, -0.2) is 22.6 Å². The molecule has 1 atom stereocenters. The highest BCUT2D eigenvalue weighted by Gasteiger charge is 2.44. The van der Waals surface area contributed by atoms with E-state index in [4.69, 9.17) is 4.74 Å². The maximum absolute atomic E-state index is 13.3. The summed E-state index contributed by atoms with van der Waals surface area (Å²) in [6.45, 7) is 13.7. The van der Waals surface area contributed by atoms with Crippen LogP contribution in [0, 0.1) is 12.8 Å². The van der Waals surface area contributed by atoms with Gasteiger partial charge in [-0.05, 0) is 59.9 Å². The highest BCUT2D eigenvalue weighted by Crippen LogP contribution is 2.45. The maximum Gasteiger partial charge on any atom is 0.349 e. The number of ether oxygens (including phenoxy) is 1. The van der Waals surface area contributed by atoms with Gasteiger partial charge in [0.05, 0.1) is 0 Å². The van der Waals surface area contributed by atoms with Crippen LogP contribution in [0.5, 0.6) is 0 Å². The van der Waals surface area contributed by atoms with Gasteiger partial charge in [0, 0.05) is 23.9 Å². The number of anilines is 1. The van der Waals surface area contributed by atoms with Crippen molar-refractivity contribution in [1.82, 2.24) is 0 Å². The number of nitrogens with one attached hydrogen (secondary N) is 1. The van der Waals surface area contributed by atoms with Crippen molar-refractivity contribution >= 4 is 29.3 Å². The summed E-state index contributed by atoms with van der Waals surface area (Å²) in [6, 6.07) is 14.0. The highest BCUT2D eigenvalue weighted by atomic mass is 32.2. The Balaban J connectivity index is 1.93. The number of thioether (sulfide) groups is 1. The zero-order chi connectivity index (χ0) is 26.0. The molecule has 2 N–H and O–H groups in total. The number of amides is 1. The molecule has 35 heavy (non-hydrogen) atoms. The summed E-state index contributed by atoms with van der Waals surface area (Å²) in [6.07, 6.45) is 1.69. The molecule has 188 valence electrons. The zero-order valence-corrected chi connectivity index (χ0v) is 22.6. The second-order valence-corrected chi connectivity index (χ2v) is 11.8. The number of esters is 1. The van der Waals surface area contributed by atoms with Gasteiger partial charge in [-0.2, -0.15) is 0 Å². The maximum atomic E-state index is 13.3. The third-order valence-electron chi connectivity index (χ3n) is 6.60. The second-order valence-electron chi connectivity index (χ2n) is 10.7. The number of hydrogen-bond donors (Lipinski definition) is 2. The number of benzene rings is 2. The third-order valence-corrected chi connectivity index (χ3v) is 7.76. The SMILES string of the molecule is CC(=O)Nc1cc(C(C)(C)C)c(SC2=C(O)C[C@@](CCc3ccccc3)(C(C)C)OC2=O)cc1C. The number of aliphatic hydroxyl groups is 1. The fraction of sp³-hybridized carbons (Fsp3) is 0.448. The van der Waals surface area contributed by atoms with Crippen LogP contribution in [0.2, 0.25) is 0 Å². The van der Waals surface area contributed by atoms with Gasteiger partial charge in [0.1, 0.15) is 16.3 Å². The van der Waals surface area contributed by atoms with E-state index in [0.29, 0.717) is 12.8 Å². The first kappa shape index (κ1) is 26.9. The van der Waals surface area contributed by atoms with Crippen molar-refractivity contribution in [2.24, 2.45) is 5.92 Å². The lowest BCUT2D eigenvalue weighted by atomic mass is 9.80. The summed E-state index contributed by atoms with van der Waals surface area (Å²) in [4.78, 5) is 26.0. The van der Waals surface area contributed by atoms with Gasteiger partial charge in [-0.25, -0.2) is 4.79 Å². The van der Waals surface area contributed by atoms with Crippen molar-refractivity contribution < 1.29 is 19.4 Å². The van der Waals surface area contributed by atoms with Gasteiger partial charge in [0.25, 0.3) is 0 Å². The summed E-state index contributed by atoms with van der Waals surface area (Å²) in [5.74, 6) is -0.487. The number of carbonyl (C=O) groups excluding carboxylic acids is 2. The van der Waals surface area contributed by atoms with Crippen LogP contribution >= 0.6 is 11.8 Å². The average molecular weight is 496 g/mol. The standard InChI is InChI=1S/C29H37NO4S/c1-18(2)29(14-13-21-11-9-8-10-12-21)17-24(32)26(27(33)34-29)35-25-15-19(3)23(30-20(4)31)16-22(25)28(5,6)7/h8-12,15-16,18,32H,13-14,17H2,1-7H3,(H,30,31)/t29-/m0/s1. The van der Waals surface area contributed by atoms with Crippen LogP contribution in [0.15, 0.2) is 58.0 Å². The van der Waals surface area contributed by atoms with Gasteiger partial charge in [-0.15, -0.1) is 0 Å². The lowest BCUT2D eigenvalue weighted by molar-refractivity contribution is -0.164. The van der Waals surface area contributed by atoms with Crippen molar-refractivity contribution in [3.8, 4) is 0 Å². The molecule has 2 aromatic rings. The van der Waals surface area contributed by atoms with Gasteiger partial charge in [0.2, 0.25) is 5.91 Å². The molecule has 0 aliphatic carbocycles. The molecule has 3 rings (SSSR count). The highest BCUT2D eigenvalue weighted by molar-refractivity contribution is 8.04. The average Bonchev–Trinajstić information content (AvgIpc) is 2.76. The molecule has 0 saturated heterocycles. The Morgan fingerprint density at radius 3 is 2.40 bits per heavy atom. The normalized spacial score (nSPS) is 18.6. The van der Waals surface area contributed by atoms with Crippen LogP contribution in [0.3, 0.4) is 0 Å². The first-order valence-corrected chi connectivity index (χ1v) is 12.9. The van der Waals surface area contributed by atoms with Crippen LogP contribution in [-0.2, 0) is 26.2 Å². The van der Waals surface area contributed by atoms with E-state index in [-0.39, 0.29) is 27.9 Å². The van der Waals surface area contributed by atoms with Crippen molar-refractivity contribution in [1.29, 1.82) is 0 Å². The van der Waals surface area contributed by atoms with E-state index in [1.807, 2.05) is 51.1 Å². The van der Waals surface area contributed by atoms with Gasteiger partial charge in [0.15, 0.2) is 0 Å². The molecule has 0 unspecified atom stereocenters. The number of carbonyl (C=O) groups is 2. The Morgan fingerprint density at radius 2 is 1.86 bits per heavy atom. The van der Waals surface area contributed by atoms with Gasteiger partial charge in [-0.3, -0.25) is 4.79 Å². The summed E-state index contributed by atoms with van der Waals surface area (Å²) >= 11 is 1.25. The molecule has 0 fully saturated rings. The Labute approximate surface area is 213 Å². The van der Waals surface area contributed by atoms with Gasteiger partial charge >= 0.3 is 5.97 Å². The van der Waals surface area contributed by atoms with Crippen molar-refractivity contribution in [2.45, 2.75) is 83.6 Å². The van der Waals surface area contributed by atoms with Crippen LogP contribution < -0.4 is 5.32 Å². The minimum Gasteiger partial charge on any atom is -0.511 e. The summed E-state index contributed by atoms with van der Waals surface area (Å²) in [5, 5.41) is 14.0. The van der Waals surface area contributed by atoms with E-state index in [1.165, 1.54) is 24.2 Å². The number of aryl methyl sites for hydroxylation is 2. The topological polar surface area (TPSA) is 75.6 Å². The third kappa shape index (κ3) is 6.29. The van der Waals surface area contributed by atoms with Crippen LogP contribution in [0.25, 0.3) is 0 Å². The fourth-order valence-electron chi connectivity index (χ4n) is 4.39. The Bertz CT molecular complexity index is 1130. The van der Waals surface area contributed by atoms with Gasteiger partial charge < -0.3 is 15.2 Å². The van der Waals surface area contributed by atoms with E-state index in [1.54, 1.807) is 0 Å². The number of cyclic esters (lactones) is 1. The first-order chi connectivity index (χ1) is 16.3. The zero-order valence-electron chi connectivity index (χ0n) is 21.8. The monoisotopic (exact) mass is 495 g/mol. The number of rotatable bonds is 7. The Morgan fingerprint density at radius 1 is 1.20 bits per heavy atom. The molecule has 1 aliphatic rings. The molecule has 1 aliphatic heterocycles. The van der Waals surface area contributed by atoms with E-state index < -0.39 is 11.6 Å². The number of aliphatic hydroxyl groups excluding tert-OH is 1. The Hall–Kier alpha value is -2.73. The Kier molecular flexibility index (Phi) is 8.05. The number of hydrogen-bond acceptors (Lipinski definition) is 5. The summed E-state index contributed by atoms with van der Waals surface area (Å²) in [7, 11) is 0. The molecular formula is C29H37NO4S. The quantitative estimate of drug-likeness (QED) is 0.401. The predicted octanol–water partition coefficient (Wildman–Crippen LogP) is 7.09. The molecule has 0 bridgehead atoms. The summed E-state index contributed by atoms with van der Waals surface area (Å²) < 4.78 is 6.11. The molecule has 6 heteroatoms. The predicted molar refractivity (Wildman–Crippen MR) is 143 cm³/mol. The lowest BCUT2D eigenvalue weighted by Gasteiger charge is -2.40. The van der Waals surface area contributed by atoms with E-state index >= 15 is 0 Å². The van der Waals surface area contributed by atoms with Crippen molar-refractivity contribution in [3.63, 3.8) is 0 Å². The molecule has 1 amide bonds.